The van der Waals surface area contributed by atoms with Crippen LogP contribution >= 0.6 is 11.8 Å². The molecule has 2 aromatic heterocycles. The van der Waals surface area contributed by atoms with Gasteiger partial charge in [0.05, 0.1) is 18.6 Å². The highest BCUT2D eigenvalue weighted by Crippen LogP contribution is 2.27. The lowest BCUT2D eigenvalue weighted by atomic mass is 9.93. The maximum atomic E-state index is 13.0. The molecule has 0 radical (unpaired) electrons. The molecule has 0 unspecified atom stereocenters. The number of thioether (sulfide) groups is 1. The van der Waals surface area contributed by atoms with E-state index >= 15 is 0 Å². The molecule has 2 amide bonds. The van der Waals surface area contributed by atoms with Crippen LogP contribution in [0.3, 0.4) is 0 Å². The molecular weight excluding hydrogens is 462 g/mol. The van der Waals surface area contributed by atoms with Gasteiger partial charge in [-0.25, -0.2) is 0 Å². The monoisotopic (exact) mass is 493 g/mol. The Bertz CT molecular complexity index is 1120. The first kappa shape index (κ1) is 23.7. The Hall–Kier alpha value is -3.07. The van der Waals surface area contributed by atoms with Crippen molar-refractivity contribution in [1.82, 2.24) is 24.6 Å². The third-order valence-electron chi connectivity index (χ3n) is 6.86. The minimum atomic E-state index is 0.105. The highest BCUT2D eigenvalue weighted by molar-refractivity contribution is 7.99. The van der Waals surface area contributed by atoms with Crippen LogP contribution < -0.4 is 0 Å². The summed E-state index contributed by atoms with van der Waals surface area (Å²) in [5.74, 6) is 2.38. The van der Waals surface area contributed by atoms with E-state index in [2.05, 4.69) is 22.3 Å². The average Bonchev–Trinajstić information content (AvgIpc) is 3.66. The largest absolute Gasteiger partial charge is 0.461 e. The Balaban J connectivity index is 1.17. The molecule has 2 aliphatic heterocycles. The van der Waals surface area contributed by atoms with Crippen LogP contribution in [0.2, 0.25) is 0 Å². The number of hydrogen-bond donors (Lipinski definition) is 0. The molecule has 0 atom stereocenters. The third kappa shape index (κ3) is 5.78. The first-order valence-electron chi connectivity index (χ1n) is 12.4. The fourth-order valence-corrected chi connectivity index (χ4v) is 5.68. The quantitative estimate of drug-likeness (QED) is 0.442. The predicted octanol–water partition coefficient (Wildman–Crippen LogP) is 3.93. The van der Waals surface area contributed by atoms with Gasteiger partial charge in [-0.1, -0.05) is 42.1 Å². The van der Waals surface area contributed by atoms with Crippen molar-refractivity contribution < 1.29 is 14.0 Å². The van der Waals surface area contributed by atoms with Crippen molar-refractivity contribution in [2.45, 2.75) is 43.8 Å². The molecule has 0 bridgehead atoms. The number of hydrogen-bond acceptors (Lipinski definition) is 6. The molecule has 0 N–H and O–H groups in total. The standard InChI is InChI=1S/C26H31N5O3S/c32-23(29-12-4-5-13-29)17-20-10-14-30(15-11-20)24(33)19-35-26-28-27-25(22-9-6-16-34-22)31(26)18-21-7-2-1-3-8-21/h1-3,6-9,16,20H,4-5,10-15,17-19H2. The van der Waals surface area contributed by atoms with Crippen LogP contribution in [0.15, 0.2) is 58.3 Å². The van der Waals surface area contributed by atoms with Gasteiger partial charge in [-0.15, -0.1) is 10.2 Å². The van der Waals surface area contributed by atoms with E-state index in [4.69, 9.17) is 4.42 Å². The summed E-state index contributed by atoms with van der Waals surface area (Å²) in [6.07, 6.45) is 6.27. The van der Waals surface area contributed by atoms with E-state index in [0.29, 0.717) is 54.5 Å². The third-order valence-corrected chi connectivity index (χ3v) is 7.81. The summed E-state index contributed by atoms with van der Waals surface area (Å²) >= 11 is 1.41. The first-order valence-corrected chi connectivity index (χ1v) is 13.4. The van der Waals surface area contributed by atoms with Crippen LogP contribution in [0, 0.1) is 5.92 Å². The maximum absolute atomic E-state index is 13.0. The summed E-state index contributed by atoms with van der Waals surface area (Å²) in [6, 6.07) is 13.8. The molecule has 2 aliphatic rings. The van der Waals surface area contributed by atoms with Crippen LogP contribution in [0.25, 0.3) is 11.6 Å². The number of amides is 2. The second-order valence-electron chi connectivity index (χ2n) is 9.26. The molecular formula is C26H31N5O3S. The number of benzene rings is 1. The van der Waals surface area contributed by atoms with E-state index in [-0.39, 0.29) is 11.8 Å². The molecule has 184 valence electrons. The number of rotatable bonds is 8. The highest BCUT2D eigenvalue weighted by atomic mass is 32.2. The number of likely N-dealkylation sites (tertiary alicyclic amines) is 2. The maximum Gasteiger partial charge on any atom is 0.233 e. The first-order chi connectivity index (χ1) is 17.2. The number of aromatic nitrogens is 3. The van der Waals surface area contributed by atoms with Crippen LogP contribution in [0.1, 0.15) is 37.7 Å². The number of carbonyl (C=O) groups is 2. The van der Waals surface area contributed by atoms with Crippen LogP contribution in [-0.4, -0.2) is 68.3 Å². The predicted molar refractivity (Wildman–Crippen MR) is 134 cm³/mol. The van der Waals surface area contributed by atoms with Crippen molar-refractivity contribution >= 4 is 23.6 Å². The van der Waals surface area contributed by atoms with Gasteiger partial charge in [-0.2, -0.15) is 0 Å². The van der Waals surface area contributed by atoms with Crippen molar-refractivity contribution in [2.24, 2.45) is 5.92 Å². The topological polar surface area (TPSA) is 84.5 Å². The van der Waals surface area contributed by atoms with Crippen molar-refractivity contribution in [3.63, 3.8) is 0 Å². The minimum absolute atomic E-state index is 0.105. The Kier molecular flexibility index (Phi) is 7.51. The molecule has 0 saturated carbocycles. The van der Waals surface area contributed by atoms with Gasteiger partial charge in [0, 0.05) is 32.6 Å². The Morgan fingerprint density at radius 2 is 1.66 bits per heavy atom. The van der Waals surface area contributed by atoms with Crippen LogP contribution in [-0.2, 0) is 16.1 Å². The lowest BCUT2D eigenvalue weighted by Gasteiger charge is -2.32. The van der Waals surface area contributed by atoms with Gasteiger partial charge in [0.25, 0.3) is 0 Å². The van der Waals surface area contributed by atoms with Crippen molar-refractivity contribution in [2.75, 3.05) is 31.9 Å². The summed E-state index contributed by atoms with van der Waals surface area (Å²) < 4.78 is 7.57. The summed E-state index contributed by atoms with van der Waals surface area (Å²) in [4.78, 5) is 29.3. The normalized spacial score (nSPS) is 16.7. The number of piperidine rings is 1. The molecule has 1 aromatic carbocycles. The molecule has 5 rings (SSSR count). The zero-order valence-electron chi connectivity index (χ0n) is 19.8. The van der Waals surface area contributed by atoms with E-state index in [1.54, 1.807) is 6.26 Å². The molecule has 2 fully saturated rings. The molecule has 3 aromatic rings. The SMILES string of the molecule is O=C(CSc1nnc(-c2ccco2)n1Cc1ccccc1)N1CCC(CC(=O)N2CCCC2)CC1. The van der Waals surface area contributed by atoms with Gasteiger partial charge in [-0.05, 0) is 49.3 Å². The van der Waals surface area contributed by atoms with Crippen molar-refractivity contribution in [1.29, 1.82) is 0 Å². The van der Waals surface area contributed by atoms with Gasteiger partial charge >= 0.3 is 0 Å². The van der Waals surface area contributed by atoms with E-state index in [9.17, 15) is 9.59 Å². The summed E-state index contributed by atoms with van der Waals surface area (Å²) in [5.41, 5.74) is 1.12. The molecule has 4 heterocycles. The molecule has 0 spiro atoms. The smallest absolute Gasteiger partial charge is 0.233 e. The van der Waals surface area contributed by atoms with Gasteiger partial charge in [0.2, 0.25) is 17.6 Å². The van der Waals surface area contributed by atoms with Crippen LogP contribution in [0.5, 0.6) is 0 Å². The van der Waals surface area contributed by atoms with Crippen LogP contribution in [0.4, 0.5) is 0 Å². The lowest BCUT2D eigenvalue weighted by Crippen LogP contribution is -2.40. The molecule has 2 saturated heterocycles. The van der Waals surface area contributed by atoms with E-state index < -0.39 is 0 Å². The molecule has 8 nitrogen and oxygen atoms in total. The number of nitrogens with zero attached hydrogens (tertiary/aromatic N) is 5. The van der Waals surface area contributed by atoms with Gasteiger partial charge in [0.1, 0.15) is 0 Å². The molecule has 9 heteroatoms. The van der Waals surface area contributed by atoms with E-state index in [1.165, 1.54) is 11.8 Å². The number of furan rings is 1. The average molecular weight is 494 g/mol. The Morgan fingerprint density at radius 1 is 0.914 bits per heavy atom. The van der Waals surface area contributed by atoms with Gasteiger partial charge in [-0.3, -0.25) is 14.2 Å². The fourth-order valence-electron chi connectivity index (χ4n) is 4.84. The van der Waals surface area contributed by atoms with Gasteiger partial charge in [0.15, 0.2) is 10.9 Å². The highest BCUT2D eigenvalue weighted by Gasteiger charge is 2.27. The fraction of sp³-hybridized carbons (Fsp3) is 0.462. The lowest BCUT2D eigenvalue weighted by molar-refractivity contribution is -0.132. The number of carbonyl (C=O) groups excluding carboxylic acids is 2. The zero-order chi connectivity index (χ0) is 24.0. The van der Waals surface area contributed by atoms with Crippen molar-refractivity contribution in [3.05, 3.63) is 54.3 Å². The second-order valence-corrected chi connectivity index (χ2v) is 10.2. The minimum Gasteiger partial charge on any atom is -0.461 e. The summed E-state index contributed by atoms with van der Waals surface area (Å²) in [6.45, 7) is 3.84. The second kappa shape index (κ2) is 11.1. The zero-order valence-corrected chi connectivity index (χ0v) is 20.7. The summed E-state index contributed by atoms with van der Waals surface area (Å²) in [5, 5.41) is 9.42. The Labute approximate surface area is 209 Å². The van der Waals surface area contributed by atoms with E-state index in [1.807, 2.05) is 44.7 Å². The van der Waals surface area contributed by atoms with E-state index in [0.717, 1.165) is 44.3 Å². The molecule has 35 heavy (non-hydrogen) atoms. The Morgan fingerprint density at radius 3 is 2.37 bits per heavy atom. The molecule has 0 aliphatic carbocycles. The van der Waals surface area contributed by atoms with Gasteiger partial charge < -0.3 is 14.2 Å². The van der Waals surface area contributed by atoms with Crippen molar-refractivity contribution in [3.8, 4) is 11.6 Å². The summed E-state index contributed by atoms with van der Waals surface area (Å²) in [7, 11) is 0.